The quantitative estimate of drug-likeness (QED) is 0.0145. The fourth-order valence-electron chi connectivity index (χ4n) is 13.8. The molecule has 8 atom stereocenters. The molecule has 3 aliphatic heterocycles. The first-order chi connectivity index (χ1) is 44.6. The highest BCUT2D eigenvalue weighted by Crippen LogP contribution is 2.51. The van der Waals surface area contributed by atoms with Gasteiger partial charge in [-0.1, -0.05) is 225 Å². The zero-order valence-corrected chi connectivity index (χ0v) is 64.4. The number of aliphatic hydroxyl groups excluding tert-OH is 1. The maximum absolute atomic E-state index is 14.5. The van der Waals surface area contributed by atoms with Crippen molar-refractivity contribution < 1.29 is 58.0 Å². The molecule has 0 radical (unpaired) electrons. The fourth-order valence-corrected chi connectivity index (χ4v) is 13.8. The van der Waals surface area contributed by atoms with Gasteiger partial charge in [0.15, 0.2) is 0 Å². The van der Waals surface area contributed by atoms with E-state index in [0.29, 0.717) is 45.3 Å². The number of aliphatic hydroxyl groups is 1. The number of rotatable bonds is 45. The van der Waals surface area contributed by atoms with Gasteiger partial charge in [0.2, 0.25) is 23.6 Å². The van der Waals surface area contributed by atoms with E-state index < -0.39 is 63.7 Å². The number of ether oxygens (including phenoxy) is 2. The molecule has 19 heteroatoms. The van der Waals surface area contributed by atoms with Crippen LogP contribution >= 0.6 is 0 Å². The van der Waals surface area contributed by atoms with Gasteiger partial charge in [-0.2, -0.15) is 5.11 Å². The van der Waals surface area contributed by atoms with E-state index >= 15 is 0 Å². The summed E-state index contributed by atoms with van der Waals surface area (Å²) >= 11 is 0. The number of hydrogen-bond donors (Lipinski definition) is 4. The van der Waals surface area contributed by atoms with Crippen LogP contribution in [0.1, 0.15) is 291 Å². The zero-order valence-electron chi connectivity index (χ0n) is 64.4. The van der Waals surface area contributed by atoms with Gasteiger partial charge in [-0.15, -0.1) is 0 Å². The molecule has 556 valence electrons. The summed E-state index contributed by atoms with van der Waals surface area (Å²) in [5.74, 6) is -7.95. The number of nitrogens with one attached hydrogen (secondary N) is 1. The van der Waals surface area contributed by atoms with Crippen molar-refractivity contribution in [2.24, 2.45) is 79.9 Å². The van der Waals surface area contributed by atoms with Crippen LogP contribution in [0.15, 0.2) is 5.11 Å². The minimum absolute atomic E-state index is 0.113. The predicted molar refractivity (Wildman–Crippen MR) is 384 cm³/mol. The molecule has 0 aromatic heterocycles. The highest BCUT2D eigenvalue weighted by molar-refractivity contribution is 6.06. The molecule has 0 aromatic rings. The van der Waals surface area contributed by atoms with Crippen molar-refractivity contribution in [2.45, 2.75) is 291 Å². The second kappa shape index (κ2) is 50.2. The molecule has 0 bridgehead atoms. The average molecular weight is 1350 g/mol. The van der Waals surface area contributed by atoms with E-state index in [2.05, 4.69) is 42.4 Å². The van der Waals surface area contributed by atoms with Gasteiger partial charge in [-0.05, 0) is 135 Å². The van der Waals surface area contributed by atoms with E-state index in [0.717, 1.165) is 64.6 Å². The predicted octanol–water partition coefficient (Wildman–Crippen LogP) is 15.6. The lowest BCUT2D eigenvalue weighted by molar-refractivity contribution is -0.161. The first-order valence-corrected chi connectivity index (χ1v) is 37.4. The molecular formula is C76H145N7O12. The Balaban J connectivity index is 0. The first-order valence-electron chi connectivity index (χ1n) is 37.4. The number of nitrogens with zero attached hydrogens (tertiary/aromatic N) is 5. The van der Waals surface area contributed by atoms with Crippen molar-refractivity contribution in [3.05, 3.63) is 0 Å². The molecule has 3 saturated heterocycles. The Morgan fingerprint density at radius 1 is 0.568 bits per heavy atom. The van der Waals surface area contributed by atoms with E-state index in [1.165, 1.54) is 113 Å². The van der Waals surface area contributed by atoms with Crippen LogP contribution in [0.2, 0.25) is 0 Å². The second-order valence-corrected chi connectivity index (χ2v) is 30.6. The number of carboxylic acids is 1. The fraction of sp³-hybridized carbons (Fsp3) is 0.895. The SMILES string of the molecule is CCC(C)(C)C1C(=O)OC(=O)C1C.CCCCCCCCCCCCN.CCCCCCCCCCCCN1C(=O)C(CCC(C)(C)C(C(=O)O)C(C)C(=O)OCC)C(C(C)(C)CCC2C(=O)N(CCCN(C)C)C(=O)C2C(C)(C)CC)C1=O.CCO.CN(C)CCCN=N. The van der Waals surface area contributed by atoms with Crippen molar-refractivity contribution in [1.82, 2.24) is 19.6 Å². The first kappa shape index (κ1) is 92.9. The molecule has 19 nitrogen and oxygen atoms in total. The number of carbonyl (C=O) groups is 8. The molecule has 5 N–H and O–H groups in total. The van der Waals surface area contributed by atoms with Crippen molar-refractivity contribution >= 4 is 47.5 Å². The van der Waals surface area contributed by atoms with Crippen molar-refractivity contribution in [2.75, 3.05) is 80.7 Å². The van der Waals surface area contributed by atoms with Gasteiger partial charge < -0.3 is 35.2 Å². The molecule has 0 aliphatic carbocycles. The molecule has 3 aliphatic rings. The third-order valence-corrected chi connectivity index (χ3v) is 20.3. The molecule has 3 fully saturated rings. The summed E-state index contributed by atoms with van der Waals surface area (Å²) in [5.41, 5.74) is 9.72. The summed E-state index contributed by atoms with van der Waals surface area (Å²) in [6.07, 6.45) is 30.1. The maximum atomic E-state index is 14.5. The van der Waals surface area contributed by atoms with Crippen LogP contribution in [0.3, 0.4) is 0 Å². The molecule has 0 saturated carbocycles. The highest BCUT2D eigenvalue weighted by Gasteiger charge is 2.57. The molecule has 0 aromatic carbocycles. The maximum Gasteiger partial charge on any atom is 0.318 e. The van der Waals surface area contributed by atoms with Gasteiger partial charge in [0.25, 0.3) is 0 Å². The van der Waals surface area contributed by atoms with E-state index in [4.69, 9.17) is 21.1 Å². The van der Waals surface area contributed by atoms with Crippen LogP contribution in [0.5, 0.6) is 0 Å². The van der Waals surface area contributed by atoms with Crippen molar-refractivity contribution in [3.8, 4) is 0 Å². The number of likely N-dealkylation sites (tertiary alicyclic amines) is 2. The lowest BCUT2D eigenvalue weighted by atomic mass is 9.64. The largest absolute Gasteiger partial charge is 0.481 e. The second-order valence-electron chi connectivity index (χ2n) is 30.6. The number of aliphatic carboxylic acids is 1. The van der Waals surface area contributed by atoms with Crippen LogP contribution in [-0.2, 0) is 47.8 Å². The molecule has 8 unspecified atom stereocenters. The van der Waals surface area contributed by atoms with E-state index in [1.807, 2.05) is 88.5 Å². The number of carbonyl (C=O) groups excluding carboxylic acids is 7. The van der Waals surface area contributed by atoms with Crippen molar-refractivity contribution in [1.29, 1.82) is 5.53 Å². The lowest BCUT2D eigenvalue weighted by Crippen LogP contribution is -2.41. The number of carboxylic acid groups (broad SMARTS) is 1. The van der Waals surface area contributed by atoms with Crippen LogP contribution in [0.25, 0.3) is 0 Å². The summed E-state index contributed by atoms with van der Waals surface area (Å²) in [5, 5.41) is 21.1. The minimum atomic E-state index is -1.10. The Labute approximate surface area is 579 Å². The molecule has 3 rings (SSSR count). The van der Waals surface area contributed by atoms with Crippen molar-refractivity contribution in [3.63, 3.8) is 0 Å². The number of unbranched alkanes of at least 4 members (excludes halogenated alkanes) is 18. The average Bonchev–Trinajstić information content (AvgIpc) is 1.63. The third kappa shape index (κ3) is 34.4. The highest BCUT2D eigenvalue weighted by atomic mass is 16.6. The van der Waals surface area contributed by atoms with E-state index in [-0.39, 0.29) is 72.5 Å². The number of hydrogen-bond acceptors (Lipinski definition) is 16. The van der Waals surface area contributed by atoms with Gasteiger partial charge in [0.1, 0.15) is 0 Å². The Morgan fingerprint density at radius 2 is 0.947 bits per heavy atom. The van der Waals surface area contributed by atoms with Gasteiger partial charge in [-0.25, -0.2) is 5.53 Å². The third-order valence-electron chi connectivity index (χ3n) is 20.3. The summed E-state index contributed by atoms with van der Waals surface area (Å²) in [6, 6.07) is 0. The molecule has 95 heavy (non-hydrogen) atoms. The monoisotopic (exact) mass is 1350 g/mol. The smallest absolute Gasteiger partial charge is 0.318 e. The van der Waals surface area contributed by atoms with Crippen LogP contribution in [0.4, 0.5) is 0 Å². The summed E-state index contributed by atoms with van der Waals surface area (Å²) in [6.45, 7) is 35.4. The molecule has 4 amide bonds. The molecule has 3 heterocycles. The van der Waals surface area contributed by atoms with Crippen LogP contribution in [0, 0.1) is 74.5 Å². The Hall–Kier alpha value is -4.20. The normalized spacial score (nSPS) is 19.7. The number of amides is 4. The number of imide groups is 2. The Morgan fingerprint density at radius 3 is 1.32 bits per heavy atom. The van der Waals surface area contributed by atoms with Gasteiger partial charge in [0.05, 0.1) is 60.5 Å². The Bertz CT molecular complexity index is 2170. The van der Waals surface area contributed by atoms with Gasteiger partial charge in [-0.3, -0.25) is 48.2 Å². The zero-order chi connectivity index (χ0) is 73.1. The topological polar surface area (TPSA) is 271 Å². The molecular weight excluding hydrogens is 1200 g/mol. The van der Waals surface area contributed by atoms with Gasteiger partial charge >= 0.3 is 23.9 Å². The number of nitrogens with two attached hydrogens (primary N) is 1. The van der Waals surface area contributed by atoms with Crippen LogP contribution < -0.4 is 5.73 Å². The van der Waals surface area contributed by atoms with Gasteiger partial charge in [0, 0.05) is 19.7 Å². The van der Waals surface area contributed by atoms with Crippen LogP contribution in [-0.4, -0.2) is 158 Å². The lowest BCUT2D eigenvalue weighted by Gasteiger charge is -2.38. The summed E-state index contributed by atoms with van der Waals surface area (Å²) in [7, 11) is 7.98. The minimum Gasteiger partial charge on any atom is -0.481 e. The standard InChI is InChI=1S/C47H83N3O8.C12H27N.C10H16O3.C5H13N3.C2H6O/c1-13-16-17-18-19-20-21-22-23-24-31-49-40(52)35(26-28-46(7,8)36(43(55)56)33(4)44(57)58-15-3)38(42(49)54)47(9,10)29-27-34-37(45(5,6)14-2)41(53)50(39(34)51)32-25-30-48(11)12;1-2-3-4-5-6-7-8-9-10-11-12-13;1-5-10(3,4)7-6(2)8(11)13-9(7)12;1-8(2)5-3-4-7-6;1-2-3/h33-38H,13-32H2,1-12H3,(H,55,56);2-13H2,1H3;6-7H,5H2,1-4H3;6H,3-5H2,1-2H3;3H,2H2,1H3. The summed E-state index contributed by atoms with van der Waals surface area (Å²) in [4.78, 5) is 112. The Kier molecular flexibility index (Phi) is 49.0. The number of cyclic esters (lactones) is 2. The number of esters is 3. The summed E-state index contributed by atoms with van der Waals surface area (Å²) < 4.78 is 9.80. The van der Waals surface area contributed by atoms with E-state index in [1.54, 1.807) is 27.7 Å². The molecule has 0 spiro atoms. The van der Waals surface area contributed by atoms with E-state index in [9.17, 15) is 43.5 Å².